The molecule has 3 aromatic rings. The average Bonchev–Trinajstić information content (AvgIpc) is 3.68. The number of carbonyl (C=O) groups is 4. The third kappa shape index (κ3) is 5.18. The Morgan fingerprint density at radius 3 is 2.93 bits per heavy atom. The van der Waals surface area contributed by atoms with Gasteiger partial charge in [-0.3, -0.25) is 19.3 Å². The van der Waals surface area contributed by atoms with Crippen LogP contribution in [0.5, 0.6) is 0 Å². The minimum Gasteiger partial charge on any atom is -0.477 e. The monoisotopic (exact) mass is 647 g/mol. The number of oxime groups is 1. The van der Waals surface area contributed by atoms with Crippen LogP contribution in [-0.4, -0.2) is 84.9 Å². The van der Waals surface area contributed by atoms with Gasteiger partial charge in [0.15, 0.2) is 15.7 Å². The Labute approximate surface area is 254 Å². The summed E-state index contributed by atoms with van der Waals surface area (Å²) < 4.78 is 2.97. The molecule has 0 bridgehead atoms. The molecule has 0 spiro atoms. The fourth-order valence-electron chi connectivity index (χ4n) is 4.63. The topological polar surface area (TPSA) is 193 Å². The number of carbonyl (C=O) groups excluding carboxylic acids is 3. The second-order valence-corrected chi connectivity index (χ2v) is 13.5. The summed E-state index contributed by atoms with van der Waals surface area (Å²) in [6.45, 7) is 0.426. The van der Waals surface area contributed by atoms with Gasteiger partial charge in [-0.15, -0.1) is 23.1 Å². The van der Waals surface area contributed by atoms with Crippen LogP contribution < -0.4 is 20.9 Å². The van der Waals surface area contributed by atoms with Crippen LogP contribution in [0.25, 0.3) is 10.3 Å². The first-order valence-corrected chi connectivity index (χ1v) is 16.3. The summed E-state index contributed by atoms with van der Waals surface area (Å²) in [5.74, 6) is -2.13. The Hall–Kier alpha value is -3.74. The Kier molecular flexibility index (Phi) is 7.77. The lowest BCUT2D eigenvalue weighted by Crippen LogP contribution is -2.71. The van der Waals surface area contributed by atoms with Crippen LogP contribution in [-0.2, 0) is 31.1 Å². The first-order valence-electron chi connectivity index (χ1n) is 12.5. The van der Waals surface area contributed by atoms with Gasteiger partial charge in [0.2, 0.25) is 11.6 Å². The Bertz CT molecular complexity index is 1690. The van der Waals surface area contributed by atoms with E-state index in [1.54, 1.807) is 6.20 Å². The number of thiazole rings is 2. The van der Waals surface area contributed by atoms with Crippen LogP contribution in [0.3, 0.4) is 0 Å². The number of rotatable bonds is 9. The number of fused-ring (bicyclic) bond motifs is 2. The van der Waals surface area contributed by atoms with Gasteiger partial charge in [-0.2, -0.15) is 4.57 Å². The summed E-state index contributed by atoms with van der Waals surface area (Å²) in [4.78, 5) is 66.6. The molecule has 3 aromatic heterocycles. The molecule has 0 unspecified atom stereocenters. The summed E-state index contributed by atoms with van der Waals surface area (Å²) >= 11 is 5.46. The van der Waals surface area contributed by atoms with E-state index in [1.165, 1.54) is 45.1 Å². The van der Waals surface area contributed by atoms with Crippen molar-refractivity contribution in [1.82, 2.24) is 25.5 Å². The molecule has 5 N–H and O–H groups in total. The molecule has 6 rings (SSSR count). The maximum Gasteiger partial charge on any atom is 0.352 e. The van der Waals surface area contributed by atoms with Crippen molar-refractivity contribution in [3.63, 3.8) is 0 Å². The van der Waals surface area contributed by atoms with Gasteiger partial charge in [-0.1, -0.05) is 5.16 Å². The molecule has 14 nitrogen and oxygen atoms in total. The predicted molar refractivity (Wildman–Crippen MR) is 157 cm³/mol. The normalized spacial score (nSPS) is 22.2. The van der Waals surface area contributed by atoms with E-state index in [9.17, 15) is 24.3 Å². The van der Waals surface area contributed by atoms with Gasteiger partial charge in [-0.05, 0) is 34.7 Å². The van der Waals surface area contributed by atoms with Gasteiger partial charge in [-0.25, -0.2) is 14.8 Å². The Morgan fingerprint density at radius 2 is 2.24 bits per heavy atom. The van der Waals surface area contributed by atoms with E-state index >= 15 is 0 Å². The highest BCUT2D eigenvalue weighted by molar-refractivity contribution is 8.01. The summed E-state index contributed by atoms with van der Waals surface area (Å²) in [7, 11) is 1.93. The molecule has 3 aliphatic heterocycles. The van der Waals surface area contributed by atoms with Crippen LogP contribution in [0.4, 0.5) is 5.13 Å². The maximum absolute atomic E-state index is 13.3. The molecule has 3 amide bonds. The Balaban J connectivity index is 1.18. The van der Waals surface area contributed by atoms with Gasteiger partial charge in [0.1, 0.15) is 29.9 Å². The zero-order valence-corrected chi connectivity index (χ0v) is 25.1. The Morgan fingerprint density at radius 1 is 1.40 bits per heavy atom. The molecule has 3 aliphatic rings. The van der Waals surface area contributed by atoms with Crippen molar-refractivity contribution in [2.24, 2.45) is 12.2 Å². The van der Waals surface area contributed by atoms with Crippen molar-refractivity contribution in [2.45, 2.75) is 28.3 Å². The van der Waals surface area contributed by atoms with Crippen LogP contribution >= 0.6 is 46.2 Å². The zero-order valence-electron chi connectivity index (χ0n) is 21.8. The molecule has 0 radical (unpaired) electrons. The molecular formula is C24H23N8O6S4+. The minimum absolute atomic E-state index is 0.0691. The highest BCUT2D eigenvalue weighted by atomic mass is 32.2. The predicted octanol–water partition coefficient (Wildman–Crippen LogP) is 0.300. The number of nitrogen functional groups attached to an aromatic ring is 1. The van der Waals surface area contributed by atoms with E-state index < -0.39 is 35.3 Å². The van der Waals surface area contributed by atoms with E-state index in [0.29, 0.717) is 30.0 Å². The van der Waals surface area contributed by atoms with E-state index in [0.717, 1.165) is 26.0 Å². The van der Waals surface area contributed by atoms with Gasteiger partial charge in [0.05, 0.1) is 0 Å². The number of hydrogen-bond acceptors (Lipinski definition) is 13. The van der Waals surface area contributed by atoms with Crippen LogP contribution in [0, 0.1) is 0 Å². The molecule has 42 heavy (non-hydrogen) atoms. The van der Waals surface area contributed by atoms with E-state index in [1.807, 2.05) is 23.7 Å². The largest absolute Gasteiger partial charge is 0.477 e. The molecule has 6 heterocycles. The number of nitrogens with zero attached hydrogens (tertiary/aromatic N) is 5. The smallest absolute Gasteiger partial charge is 0.352 e. The number of nitrogens with one attached hydrogen (secondary N) is 2. The summed E-state index contributed by atoms with van der Waals surface area (Å²) in [5, 5.41) is 20.3. The second-order valence-electron chi connectivity index (χ2n) is 9.35. The van der Waals surface area contributed by atoms with Gasteiger partial charge in [0, 0.05) is 42.1 Å². The quantitative estimate of drug-likeness (QED) is 0.0821. The number of nitrogens with two attached hydrogens (primary N) is 1. The SMILES string of the molecule is C[n+]1c(SCC2=C(C(=O)O)N3C(=O)[C@@H](NC(=O)/C(=N\O[C@H]4CCNC4=O)c4csc(N)n4)[C@H]3SC2)sc2ncccc21. The van der Waals surface area contributed by atoms with E-state index in [4.69, 9.17) is 10.6 Å². The molecular weight excluding hydrogens is 625 g/mol. The number of pyridine rings is 1. The number of carboxylic acids is 1. The number of aryl methyl sites for hydroxylation is 1. The molecule has 18 heteroatoms. The fraction of sp³-hybridized carbons (Fsp3) is 0.333. The standard InChI is InChI=1S/C24H22N8O6S4/c1-31-12-3-2-5-27-19(12)42-24(31)41-8-10-7-39-21-15(20(35)32(21)16(10)22(36)37)29-18(34)14(11-9-40-23(25)28-11)30-38-13-4-6-26-17(13)33/h2-3,5,9,13,15,21H,4,6-8H2,1H3,(H4-,25,26,28,29,33,34,36,37)/p+1/b30-14-/t13-,15+,21+/m0/s1. The number of β-lactam (4-membered cyclic amide) rings is 1. The van der Waals surface area contributed by atoms with Crippen LogP contribution in [0.1, 0.15) is 12.1 Å². The summed E-state index contributed by atoms with van der Waals surface area (Å²) in [6, 6.07) is 2.84. The van der Waals surface area contributed by atoms with E-state index in [-0.39, 0.29) is 28.1 Å². The average molecular weight is 648 g/mol. The van der Waals surface area contributed by atoms with Crippen molar-refractivity contribution in [2.75, 3.05) is 23.8 Å². The van der Waals surface area contributed by atoms with Crippen molar-refractivity contribution < 1.29 is 33.7 Å². The second kappa shape index (κ2) is 11.5. The molecule has 0 saturated carbocycles. The van der Waals surface area contributed by atoms with E-state index in [2.05, 4.69) is 25.8 Å². The minimum atomic E-state index is -1.21. The molecule has 2 saturated heterocycles. The summed E-state index contributed by atoms with van der Waals surface area (Å²) in [5.41, 5.74) is 7.14. The number of carboxylic acid groups (broad SMARTS) is 1. The third-order valence-corrected chi connectivity index (χ3v) is 11.3. The molecule has 0 aromatic carbocycles. The highest BCUT2D eigenvalue weighted by Crippen LogP contribution is 2.42. The number of anilines is 1. The van der Waals surface area contributed by atoms with Gasteiger partial charge < -0.3 is 26.3 Å². The van der Waals surface area contributed by atoms with Gasteiger partial charge in [0.25, 0.3) is 22.1 Å². The number of thioether (sulfide) groups is 2. The van der Waals surface area contributed by atoms with Crippen molar-refractivity contribution in [1.29, 1.82) is 0 Å². The first kappa shape index (κ1) is 28.4. The van der Waals surface area contributed by atoms with Crippen LogP contribution in [0.15, 0.2) is 44.5 Å². The number of aliphatic carboxylic acids is 1. The maximum atomic E-state index is 13.3. The lowest BCUT2D eigenvalue weighted by Gasteiger charge is -2.49. The number of hydrogen-bond donors (Lipinski definition) is 4. The lowest BCUT2D eigenvalue weighted by atomic mass is 10.0. The first-order chi connectivity index (χ1) is 20.2. The highest BCUT2D eigenvalue weighted by Gasteiger charge is 2.54. The fourth-order valence-corrected chi connectivity index (χ4v) is 8.96. The summed E-state index contributed by atoms with van der Waals surface area (Å²) in [6.07, 6.45) is 1.25. The molecule has 218 valence electrons. The van der Waals surface area contributed by atoms with Crippen LogP contribution in [0.2, 0.25) is 0 Å². The number of aromatic nitrogens is 3. The third-order valence-electron chi connectivity index (χ3n) is 6.73. The molecule has 2 fully saturated rings. The molecule has 3 atom stereocenters. The molecule has 0 aliphatic carbocycles. The van der Waals surface area contributed by atoms with Crippen molar-refractivity contribution in [3.05, 3.63) is 40.7 Å². The van der Waals surface area contributed by atoms with Gasteiger partial charge >= 0.3 is 5.97 Å². The number of amides is 3. The van der Waals surface area contributed by atoms with Crippen molar-refractivity contribution >= 4 is 91.1 Å². The van der Waals surface area contributed by atoms with Crippen molar-refractivity contribution in [3.8, 4) is 0 Å². The lowest BCUT2D eigenvalue weighted by molar-refractivity contribution is -0.676. The zero-order chi connectivity index (χ0) is 29.5.